The Morgan fingerprint density at radius 1 is 1.47 bits per heavy atom. The fourth-order valence-electron chi connectivity index (χ4n) is 2.22. The molecule has 3 atom stereocenters. The summed E-state index contributed by atoms with van der Waals surface area (Å²) in [6, 6.07) is 0. The van der Waals surface area contributed by atoms with Gasteiger partial charge in [0.05, 0.1) is 19.0 Å². The van der Waals surface area contributed by atoms with Crippen LogP contribution in [0.2, 0.25) is 0 Å². The molecule has 0 aliphatic carbocycles. The number of imidazole rings is 1. The van der Waals surface area contributed by atoms with Crippen molar-refractivity contribution >= 4 is 11.2 Å². The molecule has 3 rings (SSSR count). The molecule has 0 saturated carbocycles. The van der Waals surface area contributed by atoms with E-state index >= 15 is 0 Å². The number of H-pyrrole nitrogens is 2. The van der Waals surface area contributed by atoms with E-state index in [1.807, 2.05) is 0 Å². The molecule has 1 aliphatic rings. The average molecular weight is 268 g/mol. The topological polar surface area (TPSA) is 133 Å². The zero-order valence-corrected chi connectivity index (χ0v) is 9.74. The van der Waals surface area contributed by atoms with E-state index in [2.05, 4.69) is 15.0 Å². The number of aromatic nitrogens is 4. The molecule has 102 valence electrons. The maximum atomic E-state index is 11.5. The van der Waals surface area contributed by atoms with Crippen molar-refractivity contribution in [2.24, 2.45) is 0 Å². The van der Waals surface area contributed by atoms with Crippen LogP contribution in [-0.4, -0.2) is 48.5 Å². The molecule has 9 nitrogen and oxygen atoms in total. The second-order valence-corrected chi connectivity index (χ2v) is 4.37. The number of rotatable bonds is 2. The standard InChI is InChI=1S/C10H12N4O5/c15-2-5-4(16)1-6(19-5)14-3-11-7-8(14)12-10(18)13-9(7)17/h3-6,15-16H,1-2H2,(H2,12,13,17,18)/t4-,5+,6-/m0/s1. The number of nitrogens with one attached hydrogen (secondary N) is 2. The number of fused-ring (bicyclic) bond motifs is 1. The van der Waals surface area contributed by atoms with E-state index in [1.165, 1.54) is 10.9 Å². The van der Waals surface area contributed by atoms with E-state index in [0.29, 0.717) is 0 Å². The Labute approximate surface area is 105 Å². The Bertz CT molecular complexity index is 717. The van der Waals surface area contributed by atoms with Gasteiger partial charge in [-0.1, -0.05) is 0 Å². The minimum atomic E-state index is -0.804. The minimum Gasteiger partial charge on any atom is -0.394 e. The van der Waals surface area contributed by atoms with Gasteiger partial charge in [-0.25, -0.2) is 9.78 Å². The van der Waals surface area contributed by atoms with Crippen LogP contribution in [0.15, 0.2) is 15.9 Å². The Morgan fingerprint density at radius 2 is 2.26 bits per heavy atom. The van der Waals surface area contributed by atoms with Gasteiger partial charge in [0.1, 0.15) is 18.0 Å². The lowest BCUT2D eigenvalue weighted by atomic mass is 10.2. The van der Waals surface area contributed by atoms with Gasteiger partial charge in [-0.15, -0.1) is 0 Å². The van der Waals surface area contributed by atoms with Crippen molar-refractivity contribution in [1.29, 1.82) is 0 Å². The molecule has 0 spiro atoms. The predicted octanol–water partition coefficient (Wildman–Crippen LogP) is -1.95. The Kier molecular flexibility index (Phi) is 2.73. The number of nitrogens with zero attached hydrogens (tertiary/aromatic N) is 2. The van der Waals surface area contributed by atoms with Crippen LogP contribution in [0.3, 0.4) is 0 Å². The maximum absolute atomic E-state index is 11.5. The molecule has 1 saturated heterocycles. The molecular formula is C10H12N4O5. The molecule has 3 heterocycles. The van der Waals surface area contributed by atoms with Gasteiger partial charge in [0, 0.05) is 6.42 Å². The maximum Gasteiger partial charge on any atom is 0.327 e. The summed E-state index contributed by atoms with van der Waals surface area (Å²) in [5, 5.41) is 18.7. The summed E-state index contributed by atoms with van der Waals surface area (Å²) in [5.74, 6) is 0. The second-order valence-electron chi connectivity index (χ2n) is 4.37. The van der Waals surface area contributed by atoms with Gasteiger partial charge in [-0.3, -0.25) is 19.3 Å². The summed E-state index contributed by atoms with van der Waals surface area (Å²) in [5.41, 5.74) is -0.916. The van der Waals surface area contributed by atoms with E-state index in [-0.39, 0.29) is 24.2 Å². The molecule has 0 bridgehead atoms. The van der Waals surface area contributed by atoms with Crippen LogP contribution >= 0.6 is 0 Å². The molecule has 1 aliphatic heterocycles. The van der Waals surface area contributed by atoms with Crippen molar-refractivity contribution in [2.75, 3.05) is 6.61 Å². The first kappa shape index (κ1) is 12.1. The lowest BCUT2D eigenvalue weighted by molar-refractivity contribution is -0.0432. The third kappa shape index (κ3) is 1.87. The molecule has 0 radical (unpaired) electrons. The number of hydrogen-bond acceptors (Lipinski definition) is 6. The summed E-state index contributed by atoms with van der Waals surface area (Å²) in [4.78, 5) is 31.2. The lowest BCUT2D eigenvalue weighted by Crippen LogP contribution is -2.24. The average Bonchev–Trinajstić information content (AvgIpc) is 2.92. The van der Waals surface area contributed by atoms with Crippen LogP contribution in [0, 0.1) is 0 Å². The van der Waals surface area contributed by atoms with Crippen molar-refractivity contribution in [3.8, 4) is 0 Å². The van der Waals surface area contributed by atoms with E-state index in [4.69, 9.17) is 9.84 Å². The number of hydrogen-bond donors (Lipinski definition) is 4. The van der Waals surface area contributed by atoms with Crippen LogP contribution in [0.4, 0.5) is 0 Å². The van der Waals surface area contributed by atoms with Crippen molar-refractivity contribution in [1.82, 2.24) is 19.5 Å². The summed E-state index contributed by atoms with van der Waals surface area (Å²) >= 11 is 0. The molecule has 19 heavy (non-hydrogen) atoms. The minimum absolute atomic E-state index is 0.0881. The number of aromatic amines is 2. The highest BCUT2D eigenvalue weighted by molar-refractivity contribution is 5.68. The van der Waals surface area contributed by atoms with Crippen molar-refractivity contribution in [3.05, 3.63) is 27.2 Å². The summed E-state index contributed by atoms with van der Waals surface area (Å²) in [6.07, 6.45) is -0.481. The second kappa shape index (κ2) is 4.30. The van der Waals surface area contributed by atoms with E-state index < -0.39 is 29.7 Å². The fourth-order valence-corrected chi connectivity index (χ4v) is 2.22. The van der Waals surface area contributed by atoms with Crippen molar-refractivity contribution in [2.45, 2.75) is 24.9 Å². The summed E-state index contributed by atoms with van der Waals surface area (Å²) < 4.78 is 6.91. The van der Waals surface area contributed by atoms with Crippen LogP contribution in [0.25, 0.3) is 11.2 Å². The van der Waals surface area contributed by atoms with Gasteiger partial charge < -0.3 is 14.9 Å². The highest BCUT2D eigenvalue weighted by atomic mass is 16.5. The number of aliphatic hydroxyl groups excluding tert-OH is 2. The molecule has 2 aromatic rings. The SMILES string of the molecule is O=c1[nH]c(=O)c2ncn([C@@H]3C[C@H](O)[C@@H](CO)O3)c2[nH]1. The van der Waals surface area contributed by atoms with Crippen LogP contribution in [-0.2, 0) is 4.74 Å². The highest BCUT2D eigenvalue weighted by Gasteiger charge is 2.35. The van der Waals surface area contributed by atoms with Crippen molar-refractivity contribution in [3.63, 3.8) is 0 Å². The number of aliphatic hydroxyl groups is 2. The third-order valence-electron chi connectivity index (χ3n) is 3.16. The molecule has 2 aromatic heterocycles. The van der Waals surface area contributed by atoms with Gasteiger partial charge in [0.2, 0.25) is 0 Å². The normalized spacial score (nSPS) is 27.2. The Morgan fingerprint density at radius 3 is 2.95 bits per heavy atom. The first-order chi connectivity index (χ1) is 9.10. The van der Waals surface area contributed by atoms with Crippen LogP contribution in [0.5, 0.6) is 0 Å². The first-order valence-electron chi connectivity index (χ1n) is 5.73. The zero-order valence-electron chi connectivity index (χ0n) is 9.74. The Hall–Kier alpha value is -1.97. The van der Waals surface area contributed by atoms with Crippen LogP contribution in [0.1, 0.15) is 12.6 Å². The lowest BCUT2D eigenvalue weighted by Gasteiger charge is -2.13. The fraction of sp³-hybridized carbons (Fsp3) is 0.500. The molecule has 9 heteroatoms. The molecule has 0 amide bonds. The van der Waals surface area contributed by atoms with E-state index in [9.17, 15) is 14.7 Å². The smallest absolute Gasteiger partial charge is 0.327 e. The number of ether oxygens (including phenoxy) is 1. The van der Waals surface area contributed by atoms with Crippen molar-refractivity contribution < 1.29 is 14.9 Å². The van der Waals surface area contributed by atoms with E-state index in [0.717, 1.165) is 0 Å². The molecule has 0 aromatic carbocycles. The van der Waals surface area contributed by atoms with Gasteiger partial charge in [-0.05, 0) is 0 Å². The monoisotopic (exact) mass is 268 g/mol. The molecule has 0 unspecified atom stereocenters. The summed E-state index contributed by atoms with van der Waals surface area (Å²) in [7, 11) is 0. The molecular weight excluding hydrogens is 256 g/mol. The van der Waals surface area contributed by atoms with Crippen LogP contribution < -0.4 is 11.2 Å². The van der Waals surface area contributed by atoms with Gasteiger partial charge in [0.15, 0.2) is 5.52 Å². The Balaban J connectivity index is 2.07. The quantitative estimate of drug-likeness (QED) is 0.500. The van der Waals surface area contributed by atoms with Gasteiger partial charge in [0.25, 0.3) is 5.56 Å². The highest BCUT2D eigenvalue weighted by Crippen LogP contribution is 2.29. The first-order valence-corrected chi connectivity index (χ1v) is 5.73. The largest absolute Gasteiger partial charge is 0.394 e. The molecule has 4 N–H and O–H groups in total. The summed E-state index contributed by atoms with van der Waals surface area (Å²) in [6.45, 7) is -0.304. The molecule has 1 fully saturated rings. The predicted molar refractivity (Wildman–Crippen MR) is 62.6 cm³/mol. The zero-order chi connectivity index (χ0) is 13.6. The van der Waals surface area contributed by atoms with E-state index in [1.54, 1.807) is 0 Å². The third-order valence-corrected chi connectivity index (χ3v) is 3.16. The van der Waals surface area contributed by atoms with Gasteiger partial charge in [-0.2, -0.15) is 0 Å². The van der Waals surface area contributed by atoms with Gasteiger partial charge >= 0.3 is 5.69 Å².